The fourth-order valence-electron chi connectivity index (χ4n) is 3.08. The average Bonchev–Trinajstić information content (AvgIpc) is 2.77. The van der Waals surface area contributed by atoms with Gasteiger partial charge in [-0.25, -0.2) is 9.34 Å². The van der Waals surface area contributed by atoms with Crippen LogP contribution in [0.15, 0.2) is 12.2 Å². The second-order valence-electron chi connectivity index (χ2n) is 7.40. The monoisotopic (exact) mass is 388 g/mol. The van der Waals surface area contributed by atoms with Crippen molar-refractivity contribution in [3.05, 3.63) is 12.2 Å². The molecule has 0 saturated heterocycles. The summed E-state index contributed by atoms with van der Waals surface area (Å²) in [5.41, 5.74) is 0. The molecule has 26 heavy (non-hydrogen) atoms. The molecule has 0 saturated carbocycles. The molecule has 1 aliphatic heterocycles. The predicted molar refractivity (Wildman–Crippen MR) is 102 cm³/mol. The molecule has 0 aliphatic carbocycles. The van der Waals surface area contributed by atoms with Gasteiger partial charge >= 0.3 is 11.9 Å². The van der Waals surface area contributed by atoms with Gasteiger partial charge < -0.3 is 9.47 Å². The number of nitrogens with zero attached hydrogens (tertiary/aromatic N) is 2. The fourth-order valence-corrected chi connectivity index (χ4v) is 4.89. The summed E-state index contributed by atoms with van der Waals surface area (Å²) in [6, 6.07) is -1.21. The lowest BCUT2D eigenvalue weighted by atomic mass is 10.0. The summed E-state index contributed by atoms with van der Waals surface area (Å²) in [6.07, 6.45) is 4.86. The number of rotatable bonds is 8. The summed E-state index contributed by atoms with van der Waals surface area (Å²) in [5, 5.41) is 0. The lowest BCUT2D eigenvalue weighted by Gasteiger charge is -2.35. The van der Waals surface area contributed by atoms with Gasteiger partial charge in [0.15, 0.2) is 0 Å². The third-order valence-electron chi connectivity index (χ3n) is 4.35. The van der Waals surface area contributed by atoms with Crippen molar-refractivity contribution in [1.29, 1.82) is 0 Å². The average molecular weight is 388 g/mol. The van der Waals surface area contributed by atoms with Gasteiger partial charge in [0, 0.05) is 13.1 Å². The van der Waals surface area contributed by atoms with E-state index in [1.54, 1.807) is 9.34 Å². The van der Waals surface area contributed by atoms with Crippen LogP contribution in [0.3, 0.4) is 0 Å². The second-order valence-corrected chi connectivity index (χ2v) is 9.11. The Kier molecular flexibility index (Phi) is 9.55. The van der Waals surface area contributed by atoms with Crippen LogP contribution in [0.4, 0.5) is 0 Å². The quantitative estimate of drug-likeness (QED) is 0.359. The highest BCUT2D eigenvalue weighted by Gasteiger charge is 2.38. The molecule has 1 rings (SSSR count). The van der Waals surface area contributed by atoms with Gasteiger partial charge in [0.25, 0.3) is 0 Å². The summed E-state index contributed by atoms with van der Waals surface area (Å²) in [7, 11) is 0.133. The Balaban J connectivity index is 3.18. The molecular formula is C18H33N2O5P. The molecule has 0 fully saturated rings. The summed E-state index contributed by atoms with van der Waals surface area (Å²) in [4.78, 5) is 24.7. The summed E-state index contributed by atoms with van der Waals surface area (Å²) in [5.74, 6) is -0.320. The van der Waals surface area contributed by atoms with Crippen molar-refractivity contribution in [2.75, 3.05) is 27.3 Å². The first kappa shape index (κ1) is 22.9. The van der Waals surface area contributed by atoms with Gasteiger partial charge in [0.1, 0.15) is 12.1 Å². The zero-order chi connectivity index (χ0) is 19.9. The smallest absolute Gasteiger partial charge is 0.323 e. The maximum Gasteiger partial charge on any atom is 0.323 e. The van der Waals surface area contributed by atoms with Crippen molar-refractivity contribution in [1.82, 2.24) is 9.34 Å². The lowest BCUT2D eigenvalue weighted by Crippen LogP contribution is -2.44. The minimum Gasteiger partial charge on any atom is -0.468 e. The van der Waals surface area contributed by atoms with Crippen LogP contribution in [0.25, 0.3) is 0 Å². The molecule has 0 amide bonds. The molecule has 0 aromatic rings. The number of hydrogen-bond acceptors (Lipinski definition) is 5. The van der Waals surface area contributed by atoms with Crippen LogP contribution < -0.4 is 0 Å². The van der Waals surface area contributed by atoms with E-state index >= 15 is 0 Å². The molecule has 0 N–H and O–H groups in total. The SMILES string of the molecule is COC(=O)[C@H](CC(C)C)N1CC=CCN([C@@H](CC(C)C)C(=O)OC)[PH]1=O. The van der Waals surface area contributed by atoms with Crippen LogP contribution in [0.2, 0.25) is 0 Å². The highest BCUT2D eigenvalue weighted by Crippen LogP contribution is 2.40. The molecule has 150 valence electrons. The molecule has 8 heteroatoms. The van der Waals surface area contributed by atoms with Crippen LogP contribution in [0, 0.1) is 11.8 Å². The molecule has 0 aromatic carbocycles. The Labute approximate surface area is 157 Å². The molecule has 7 nitrogen and oxygen atoms in total. The van der Waals surface area contributed by atoms with Gasteiger partial charge in [-0.2, -0.15) is 0 Å². The van der Waals surface area contributed by atoms with Gasteiger partial charge in [-0.3, -0.25) is 14.2 Å². The molecule has 0 radical (unpaired) electrons. The first-order valence-corrected chi connectivity index (χ1v) is 10.4. The molecule has 0 bridgehead atoms. The number of carbonyl (C=O) groups is 2. The Morgan fingerprint density at radius 3 is 1.50 bits per heavy atom. The van der Waals surface area contributed by atoms with Crippen molar-refractivity contribution >= 4 is 20.0 Å². The number of methoxy groups -OCH3 is 2. The third kappa shape index (κ3) is 6.22. The maximum absolute atomic E-state index is 13.4. The van der Waals surface area contributed by atoms with E-state index in [-0.39, 0.29) is 11.8 Å². The molecule has 0 spiro atoms. The van der Waals surface area contributed by atoms with Crippen LogP contribution in [-0.4, -0.2) is 60.7 Å². The highest BCUT2D eigenvalue weighted by molar-refractivity contribution is 7.39. The zero-order valence-electron chi connectivity index (χ0n) is 16.7. The second kappa shape index (κ2) is 10.9. The largest absolute Gasteiger partial charge is 0.468 e. The maximum atomic E-state index is 13.4. The van der Waals surface area contributed by atoms with Crippen LogP contribution in [-0.2, 0) is 23.6 Å². The number of hydrogen-bond donors (Lipinski definition) is 0. The first-order valence-electron chi connectivity index (χ1n) is 9.10. The van der Waals surface area contributed by atoms with E-state index < -0.39 is 32.1 Å². The van der Waals surface area contributed by atoms with E-state index in [1.807, 2.05) is 39.8 Å². The summed E-state index contributed by atoms with van der Waals surface area (Å²) >= 11 is 0. The normalized spacial score (nSPS) is 19.4. The van der Waals surface area contributed by atoms with Gasteiger partial charge in [0.2, 0.25) is 8.10 Å². The van der Waals surface area contributed by atoms with Crippen molar-refractivity contribution in [3.8, 4) is 0 Å². The predicted octanol–water partition coefficient (Wildman–Crippen LogP) is 2.73. The molecule has 2 atom stereocenters. The van der Waals surface area contributed by atoms with E-state index in [4.69, 9.17) is 9.47 Å². The fraction of sp³-hybridized carbons (Fsp3) is 0.778. The van der Waals surface area contributed by atoms with Gasteiger partial charge in [0.05, 0.1) is 14.2 Å². The molecule has 0 unspecified atom stereocenters. The van der Waals surface area contributed by atoms with Crippen molar-refractivity contribution < 1.29 is 23.6 Å². The van der Waals surface area contributed by atoms with Crippen LogP contribution in [0.1, 0.15) is 40.5 Å². The molecule has 0 aromatic heterocycles. The minimum atomic E-state index is -2.55. The van der Waals surface area contributed by atoms with Gasteiger partial charge in [-0.1, -0.05) is 39.8 Å². The molecular weight excluding hydrogens is 355 g/mol. The van der Waals surface area contributed by atoms with Crippen molar-refractivity contribution in [2.24, 2.45) is 11.8 Å². The van der Waals surface area contributed by atoms with Crippen LogP contribution in [0.5, 0.6) is 0 Å². The lowest BCUT2D eigenvalue weighted by molar-refractivity contribution is -0.145. The Morgan fingerprint density at radius 2 is 1.23 bits per heavy atom. The summed E-state index contributed by atoms with van der Waals surface area (Å²) in [6.45, 7) is 8.80. The van der Waals surface area contributed by atoms with E-state index in [9.17, 15) is 14.2 Å². The topological polar surface area (TPSA) is 76.2 Å². The molecule has 1 aliphatic rings. The third-order valence-corrected chi connectivity index (χ3v) is 6.32. The zero-order valence-corrected chi connectivity index (χ0v) is 17.7. The van der Waals surface area contributed by atoms with Crippen LogP contribution >= 0.6 is 8.10 Å². The van der Waals surface area contributed by atoms with Crippen molar-refractivity contribution in [2.45, 2.75) is 52.6 Å². The van der Waals surface area contributed by atoms with Crippen molar-refractivity contribution in [3.63, 3.8) is 0 Å². The Morgan fingerprint density at radius 1 is 0.885 bits per heavy atom. The minimum absolute atomic E-state index is 0.238. The van der Waals surface area contributed by atoms with E-state index in [2.05, 4.69) is 0 Å². The number of carbonyl (C=O) groups excluding carboxylic acids is 2. The molecule has 1 heterocycles. The van der Waals surface area contributed by atoms with E-state index in [0.717, 1.165) is 0 Å². The number of ether oxygens (including phenoxy) is 2. The Bertz CT molecular complexity index is 492. The number of esters is 2. The van der Waals surface area contributed by atoms with E-state index in [1.165, 1.54) is 14.2 Å². The van der Waals surface area contributed by atoms with E-state index in [0.29, 0.717) is 25.9 Å². The van der Waals surface area contributed by atoms with Gasteiger partial charge in [-0.15, -0.1) is 0 Å². The standard InChI is InChI=1S/C18H33N2O5P/c1-13(2)11-15(17(21)24-5)19-9-7-8-10-20(26(19)23)16(12-14(3)4)18(22)25-6/h7-8,13-16,26H,9-12H2,1-6H3/t15-,16-/m0/s1. The highest BCUT2D eigenvalue weighted by atomic mass is 31.1. The first-order chi connectivity index (χ1) is 12.2. The summed E-state index contributed by atoms with van der Waals surface area (Å²) < 4.78 is 26.7. The Hall–Kier alpha value is -1.17. The van der Waals surface area contributed by atoms with Gasteiger partial charge in [-0.05, 0) is 24.7 Å².